The average Bonchev–Trinajstić information content (AvgIpc) is 2.77. The van der Waals surface area contributed by atoms with Crippen LogP contribution in [0.4, 0.5) is 0 Å². The minimum Gasteiger partial charge on any atom is -0.390 e. The Labute approximate surface area is 141 Å². The van der Waals surface area contributed by atoms with Crippen LogP contribution >= 0.6 is 0 Å². The molecule has 0 unspecified atom stereocenters. The van der Waals surface area contributed by atoms with Crippen molar-refractivity contribution in [3.05, 3.63) is 0 Å². The minimum absolute atomic E-state index is 0.217. The van der Waals surface area contributed by atoms with Gasteiger partial charge in [0.1, 0.15) is 0 Å². The van der Waals surface area contributed by atoms with Gasteiger partial charge in [-0.25, -0.2) is 0 Å². The van der Waals surface area contributed by atoms with Crippen molar-refractivity contribution in [3.8, 4) is 0 Å². The molecule has 0 aromatic rings. The summed E-state index contributed by atoms with van der Waals surface area (Å²) in [4.78, 5) is 0. The number of fused-ring (bicyclic) bond motifs is 5. The van der Waals surface area contributed by atoms with Gasteiger partial charge >= 0.3 is 0 Å². The van der Waals surface area contributed by atoms with Crippen molar-refractivity contribution in [2.45, 2.75) is 84.2 Å². The highest BCUT2D eigenvalue weighted by Gasteiger charge is 2.58. The maximum atomic E-state index is 10.5. The Morgan fingerprint density at radius 2 is 1.78 bits per heavy atom. The van der Waals surface area contributed by atoms with Crippen LogP contribution in [0.3, 0.4) is 0 Å². The molecule has 4 saturated carbocycles. The van der Waals surface area contributed by atoms with E-state index in [-0.39, 0.29) is 5.41 Å². The van der Waals surface area contributed by atoms with Crippen molar-refractivity contribution >= 4 is 5.71 Å². The van der Waals surface area contributed by atoms with E-state index < -0.39 is 5.60 Å². The molecular weight excluding hydrogens is 282 g/mol. The summed E-state index contributed by atoms with van der Waals surface area (Å²) in [6.45, 7) is 6.82. The summed E-state index contributed by atoms with van der Waals surface area (Å²) in [6.07, 6.45) is 10.9. The van der Waals surface area contributed by atoms with Crippen molar-refractivity contribution in [1.29, 1.82) is 5.41 Å². The molecule has 4 aliphatic carbocycles. The standard InChI is InChI=1S/C21H35NO/c1-4-13-11-18(22)21(3)10-8-16-15-7-9-20(2,23)12-14(15)5-6-17(16)19(13)21/h13-17,19,22-23H,4-12H2,1-3H3/t13-,14-,15+,16-,17-,19+,20-,21-/m1/s1. The van der Waals surface area contributed by atoms with E-state index in [9.17, 15) is 5.11 Å². The van der Waals surface area contributed by atoms with Gasteiger partial charge in [-0.05, 0) is 93.8 Å². The van der Waals surface area contributed by atoms with Crippen LogP contribution in [0.5, 0.6) is 0 Å². The highest BCUT2D eigenvalue weighted by molar-refractivity contribution is 5.90. The SMILES string of the molecule is CC[C@@H]1CC(=N)[C@@]2(C)CC[C@H]3[C@@H](CC[C@@H]4C[C@](C)(O)CC[C@@H]43)[C@H]12. The summed E-state index contributed by atoms with van der Waals surface area (Å²) >= 11 is 0. The van der Waals surface area contributed by atoms with Gasteiger partial charge in [-0.3, -0.25) is 0 Å². The lowest BCUT2D eigenvalue weighted by molar-refractivity contribution is -0.0945. The van der Waals surface area contributed by atoms with Gasteiger partial charge in [0.25, 0.3) is 0 Å². The molecule has 2 nitrogen and oxygen atoms in total. The number of hydrogen-bond donors (Lipinski definition) is 2. The summed E-state index contributed by atoms with van der Waals surface area (Å²) in [5, 5.41) is 19.1. The molecule has 2 N–H and O–H groups in total. The zero-order valence-electron chi connectivity index (χ0n) is 15.3. The summed E-state index contributed by atoms with van der Waals surface area (Å²) < 4.78 is 0. The van der Waals surface area contributed by atoms with Crippen molar-refractivity contribution in [1.82, 2.24) is 0 Å². The number of hydrogen-bond acceptors (Lipinski definition) is 2. The molecule has 4 rings (SSSR count). The van der Waals surface area contributed by atoms with Crippen molar-refractivity contribution in [2.24, 2.45) is 40.9 Å². The van der Waals surface area contributed by atoms with Crippen LogP contribution in [0, 0.1) is 46.3 Å². The van der Waals surface area contributed by atoms with Crippen LogP contribution in [0.1, 0.15) is 78.6 Å². The summed E-state index contributed by atoms with van der Waals surface area (Å²) in [5.74, 6) is 4.94. The molecule has 2 heteroatoms. The third-order valence-corrected chi connectivity index (χ3v) is 8.68. The molecule has 0 bridgehead atoms. The molecule has 8 atom stereocenters. The average molecular weight is 318 g/mol. The summed E-state index contributed by atoms with van der Waals surface area (Å²) in [7, 11) is 0. The van der Waals surface area contributed by atoms with Gasteiger partial charge < -0.3 is 10.5 Å². The third kappa shape index (κ3) is 2.34. The van der Waals surface area contributed by atoms with E-state index in [1.807, 2.05) is 0 Å². The Bertz CT molecular complexity index is 498. The Balaban J connectivity index is 1.60. The fourth-order valence-electron chi connectivity index (χ4n) is 7.57. The maximum Gasteiger partial charge on any atom is 0.0622 e. The van der Waals surface area contributed by atoms with Crippen LogP contribution in [-0.2, 0) is 0 Å². The smallest absolute Gasteiger partial charge is 0.0622 e. The van der Waals surface area contributed by atoms with E-state index in [4.69, 9.17) is 5.41 Å². The predicted octanol–water partition coefficient (Wildman–Crippen LogP) is 5.05. The van der Waals surface area contributed by atoms with E-state index in [0.29, 0.717) is 0 Å². The second-order valence-electron chi connectivity index (χ2n) is 9.90. The van der Waals surface area contributed by atoms with Crippen molar-refractivity contribution in [2.75, 3.05) is 0 Å². The first-order valence-corrected chi connectivity index (χ1v) is 10.2. The lowest BCUT2D eigenvalue weighted by Crippen LogP contribution is -2.51. The van der Waals surface area contributed by atoms with Crippen molar-refractivity contribution in [3.63, 3.8) is 0 Å². The Morgan fingerprint density at radius 1 is 1.04 bits per heavy atom. The van der Waals surface area contributed by atoms with Crippen LogP contribution in [0.25, 0.3) is 0 Å². The first-order chi connectivity index (χ1) is 10.9. The molecule has 4 fully saturated rings. The highest BCUT2D eigenvalue weighted by atomic mass is 16.3. The van der Waals surface area contributed by atoms with Crippen LogP contribution in [0.15, 0.2) is 0 Å². The van der Waals surface area contributed by atoms with Gasteiger partial charge in [0.15, 0.2) is 0 Å². The fraction of sp³-hybridized carbons (Fsp3) is 0.952. The lowest BCUT2D eigenvalue weighted by Gasteiger charge is -2.56. The second kappa shape index (κ2) is 5.31. The molecule has 0 spiro atoms. The number of nitrogens with one attached hydrogen (secondary N) is 1. The zero-order chi connectivity index (χ0) is 16.4. The normalized spacial score (nSPS) is 55.9. The van der Waals surface area contributed by atoms with E-state index >= 15 is 0 Å². The molecule has 0 saturated heterocycles. The first-order valence-electron chi connectivity index (χ1n) is 10.2. The van der Waals surface area contributed by atoms with E-state index in [1.54, 1.807) is 0 Å². The molecule has 23 heavy (non-hydrogen) atoms. The Morgan fingerprint density at radius 3 is 2.52 bits per heavy atom. The van der Waals surface area contributed by atoms with Gasteiger partial charge in [-0.15, -0.1) is 0 Å². The van der Waals surface area contributed by atoms with Gasteiger partial charge in [0, 0.05) is 11.1 Å². The topological polar surface area (TPSA) is 44.1 Å². The monoisotopic (exact) mass is 317 g/mol. The van der Waals surface area contributed by atoms with E-state index in [0.717, 1.165) is 60.5 Å². The summed E-state index contributed by atoms with van der Waals surface area (Å²) in [5.41, 5.74) is 0.884. The first kappa shape index (κ1) is 16.1. The molecular formula is C21H35NO. The van der Waals surface area contributed by atoms with Gasteiger partial charge in [0.2, 0.25) is 0 Å². The van der Waals surface area contributed by atoms with Gasteiger partial charge in [-0.2, -0.15) is 0 Å². The Kier molecular flexibility index (Phi) is 3.72. The fourth-order valence-corrected chi connectivity index (χ4v) is 7.57. The van der Waals surface area contributed by atoms with Crippen molar-refractivity contribution < 1.29 is 5.11 Å². The van der Waals surface area contributed by atoms with Gasteiger partial charge in [0.05, 0.1) is 5.60 Å². The third-order valence-electron chi connectivity index (χ3n) is 8.68. The van der Waals surface area contributed by atoms with E-state index in [1.165, 1.54) is 38.5 Å². The molecule has 130 valence electrons. The zero-order valence-corrected chi connectivity index (χ0v) is 15.3. The molecule has 0 amide bonds. The van der Waals surface area contributed by atoms with Crippen LogP contribution in [-0.4, -0.2) is 16.4 Å². The quantitative estimate of drug-likeness (QED) is 0.698. The Hall–Kier alpha value is -0.370. The lowest BCUT2D eigenvalue weighted by atomic mass is 9.49. The molecule has 0 heterocycles. The molecule has 4 aliphatic rings. The van der Waals surface area contributed by atoms with Gasteiger partial charge in [-0.1, -0.05) is 20.3 Å². The molecule has 0 aliphatic heterocycles. The summed E-state index contributed by atoms with van der Waals surface area (Å²) in [6, 6.07) is 0. The minimum atomic E-state index is -0.404. The molecule has 0 aromatic heterocycles. The number of rotatable bonds is 1. The van der Waals surface area contributed by atoms with E-state index in [2.05, 4.69) is 20.8 Å². The van der Waals surface area contributed by atoms with Crippen LogP contribution in [0.2, 0.25) is 0 Å². The predicted molar refractivity (Wildman–Crippen MR) is 94.6 cm³/mol. The molecule has 0 aromatic carbocycles. The van der Waals surface area contributed by atoms with Crippen LogP contribution < -0.4 is 0 Å². The number of aliphatic hydroxyl groups is 1. The highest BCUT2D eigenvalue weighted by Crippen LogP contribution is 2.63. The largest absolute Gasteiger partial charge is 0.390 e. The second-order valence-corrected chi connectivity index (χ2v) is 9.90. The maximum absolute atomic E-state index is 10.5. The molecule has 0 radical (unpaired) electrons.